The van der Waals surface area contributed by atoms with Gasteiger partial charge in [-0.3, -0.25) is 0 Å². The van der Waals surface area contributed by atoms with Crippen molar-refractivity contribution < 1.29 is 0 Å². The zero-order chi connectivity index (χ0) is 5.11. The molecule has 0 spiro atoms. The van der Waals surface area contributed by atoms with Crippen LogP contribution in [0.1, 0.15) is 12.8 Å². The second kappa shape index (κ2) is 2.53. The summed E-state index contributed by atoms with van der Waals surface area (Å²) in [4.78, 5) is 0. The minimum atomic E-state index is 0.414. The van der Waals surface area contributed by atoms with Gasteiger partial charge < -0.3 is 0 Å². The van der Waals surface area contributed by atoms with Gasteiger partial charge in [0.2, 0.25) is 0 Å². The Bertz CT molecular complexity index is 50.0. The predicted octanol–water partition coefficient (Wildman–Crippen LogP) is 0.992. The zero-order valence-corrected chi connectivity index (χ0v) is 4.99. The average Bonchev–Trinajstić information content (AvgIpc) is 1.69. The quantitative estimate of drug-likeness (QED) is 0.422. The van der Waals surface area contributed by atoms with Gasteiger partial charge >= 0.3 is 0 Å². The van der Waals surface area contributed by atoms with E-state index in [2.05, 4.69) is 5.32 Å². The minimum Gasteiger partial charge on any atom is -0.242 e. The number of hydrogen-bond acceptors (Lipinski definition) is 0. The topological polar surface area (TPSA) is 14.1 Å². The normalized spacial score (nSPS) is 25.3. The number of piperidine rings is 1. The van der Waals surface area contributed by atoms with Gasteiger partial charge in [0, 0.05) is 18.5 Å². The van der Waals surface area contributed by atoms with E-state index in [1.54, 1.807) is 0 Å². The van der Waals surface area contributed by atoms with Crippen LogP contribution < -0.4 is 5.32 Å². The molecule has 1 nitrogen and oxygen atoms in total. The first-order valence-electron chi connectivity index (χ1n) is 2.67. The molecular formula is C5H9ClN. The molecule has 0 N–H and O–H groups in total. The molecule has 0 unspecified atom stereocenters. The van der Waals surface area contributed by atoms with E-state index >= 15 is 0 Å². The Morgan fingerprint density at radius 2 is 1.86 bits per heavy atom. The average molecular weight is 119 g/mol. The second-order valence-corrected chi connectivity index (χ2v) is 2.46. The summed E-state index contributed by atoms with van der Waals surface area (Å²) in [7, 11) is 0. The molecule has 1 fully saturated rings. The van der Waals surface area contributed by atoms with Crippen LogP contribution in [-0.2, 0) is 0 Å². The van der Waals surface area contributed by atoms with Crippen molar-refractivity contribution in [2.24, 2.45) is 0 Å². The maximum Gasteiger partial charge on any atom is 0.0361 e. The van der Waals surface area contributed by atoms with E-state index in [1.165, 1.54) is 0 Å². The second-order valence-electron chi connectivity index (χ2n) is 1.85. The number of hydrogen-bond donors (Lipinski definition) is 0. The first-order chi connectivity index (χ1) is 3.39. The summed E-state index contributed by atoms with van der Waals surface area (Å²) in [6, 6.07) is 0. The van der Waals surface area contributed by atoms with Crippen molar-refractivity contribution in [3.8, 4) is 0 Å². The Hall–Kier alpha value is 0.250. The lowest BCUT2D eigenvalue weighted by Crippen LogP contribution is -2.22. The molecule has 0 aliphatic carbocycles. The molecule has 1 aliphatic heterocycles. The molecule has 1 rings (SSSR count). The molecule has 1 heterocycles. The summed E-state index contributed by atoms with van der Waals surface area (Å²) < 4.78 is 0. The highest BCUT2D eigenvalue weighted by Gasteiger charge is 2.08. The van der Waals surface area contributed by atoms with Gasteiger partial charge in [-0.2, -0.15) is 0 Å². The van der Waals surface area contributed by atoms with Crippen molar-refractivity contribution in [1.82, 2.24) is 5.32 Å². The Morgan fingerprint density at radius 3 is 2.14 bits per heavy atom. The Morgan fingerprint density at radius 1 is 1.29 bits per heavy atom. The predicted molar refractivity (Wildman–Crippen MR) is 30.7 cm³/mol. The lowest BCUT2D eigenvalue weighted by Gasteiger charge is -2.13. The largest absolute Gasteiger partial charge is 0.242 e. The number of alkyl halides is 1. The molecule has 2 heteroatoms. The van der Waals surface area contributed by atoms with Crippen LogP contribution in [0.25, 0.3) is 0 Å². The molecule has 0 atom stereocenters. The van der Waals surface area contributed by atoms with E-state index < -0.39 is 0 Å². The van der Waals surface area contributed by atoms with Gasteiger partial charge in [-0.15, -0.1) is 11.6 Å². The third-order valence-corrected chi connectivity index (χ3v) is 1.64. The first-order valence-corrected chi connectivity index (χ1v) is 3.10. The number of halogens is 1. The molecular weight excluding hydrogens is 110 g/mol. The highest BCUT2D eigenvalue weighted by atomic mass is 35.5. The van der Waals surface area contributed by atoms with Gasteiger partial charge in [-0.05, 0) is 12.8 Å². The fraction of sp³-hybridized carbons (Fsp3) is 1.00. The van der Waals surface area contributed by atoms with Gasteiger partial charge in [0.05, 0.1) is 0 Å². The van der Waals surface area contributed by atoms with Gasteiger partial charge in [-0.1, -0.05) is 0 Å². The van der Waals surface area contributed by atoms with Crippen molar-refractivity contribution in [3.63, 3.8) is 0 Å². The van der Waals surface area contributed by atoms with E-state index in [1.807, 2.05) is 0 Å². The molecule has 0 amide bonds. The Balaban J connectivity index is 2.12. The highest BCUT2D eigenvalue weighted by Crippen LogP contribution is 2.09. The Kier molecular flexibility index (Phi) is 1.95. The molecule has 0 bridgehead atoms. The molecule has 1 aliphatic rings. The summed E-state index contributed by atoms with van der Waals surface area (Å²) in [6.45, 7) is 1.96. The maximum absolute atomic E-state index is 5.76. The van der Waals surface area contributed by atoms with Crippen molar-refractivity contribution >= 4 is 11.6 Å². The fourth-order valence-electron chi connectivity index (χ4n) is 0.719. The standard InChI is InChI=1S/C5H9ClN/c6-5-1-3-7-4-2-5/h5H,1-4H2. The Labute approximate surface area is 49.0 Å². The molecule has 0 aromatic carbocycles. The summed E-state index contributed by atoms with van der Waals surface area (Å²) in [5.41, 5.74) is 0. The summed E-state index contributed by atoms with van der Waals surface area (Å²) in [5.74, 6) is 0. The minimum absolute atomic E-state index is 0.414. The third kappa shape index (κ3) is 1.66. The van der Waals surface area contributed by atoms with E-state index in [0.29, 0.717) is 5.38 Å². The monoisotopic (exact) mass is 118 g/mol. The van der Waals surface area contributed by atoms with E-state index in [4.69, 9.17) is 11.6 Å². The van der Waals surface area contributed by atoms with Crippen molar-refractivity contribution in [3.05, 3.63) is 0 Å². The van der Waals surface area contributed by atoms with Crippen LogP contribution in [0.2, 0.25) is 0 Å². The molecule has 0 aromatic rings. The summed E-state index contributed by atoms with van der Waals surface area (Å²) >= 11 is 5.76. The van der Waals surface area contributed by atoms with Crippen molar-refractivity contribution in [1.29, 1.82) is 0 Å². The molecule has 1 radical (unpaired) electrons. The van der Waals surface area contributed by atoms with Gasteiger partial charge in [0.15, 0.2) is 0 Å². The van der Waals surface area contributed by atoms with Crippen LogP contribution in [0.15, 0.2) is 0 Å². The van der Waals surface area contributed by atoms with E-state index in [9.17, 15) is 0 Å². The van der Waals surface area contributed by atoms with Crippen LogP contribution in [-0.4, -0.2) is 18.5 Å². The van der Waals surface area contributed by atoms with Crippen LogP contribution >= 0.6 is 11.6 Å². The molecule has 0 aromatic heterocycles. The van der Waals surface area contributed by atoms with Gasteiger partial charge in [0.25, 0.3) is 0 Å². The SMILES string of the molecule is ClC1CC[N]CC1. The van der Waals surface area contributed by atoms with Crippen LogP contribution in [0.5, 0.6) is 0 Å². The molecule has 41 valence electrons. The first kappa shape index (κ1) is 5.39. The van der Waals surface area contributed by atoms with Crippen molar-refractivity contribution in [2.45, 2.75) is 18.2 Å². The van der Waals surface area contributed by atoms with Gasteiger partial charge in [-0.25, -0.2) is 5.32 Å². The fourth-order valence-corrected chi connectivity index (χ4v) is 0.914. The van der Waals surface area contributed by atoms with Gasteiger partial charge in [0.1, 0.15) is 0 Å². The van der Waals surface area contributed by atoms with Crippen LogP contribution in [0.3, 0.4) is 0 Å². The smallest absolute Gasteiger partial charge is 0.0361 e. The molecule has 7 heavy (non-hydrogen) atoms. The lowest BCUT2D eigenvalue weighted by molar-refractivity contribution is 0.518. The summed E-state index contributed by atoms with van der Waals surface area (Å²) in [6.07, 6.45) is 2.17. The van der Waals surface area contributed by atoms with Crippen LogP contribution in [0.4, 0.5) is 0 Å². The zero-order valence-electron chi connectivity index (χ0n) is 4.23. The number of nitrogens with zero attached hydrogens (tertiary/aromatic N) is 1. The third-order valence-electron chi connectivity index (χ3n) is 1.20. The molecule has 1 saturated heterocycles. The summed E-state index contributed by atoms with van der Waals surface area (Å²) in [5, 5.41) is 4.56. The van der Waals surface area contributed by atoms with Crippen LogP contribution in [0, 0.1) is 0 Å². The number of rotatable bonds is 0. The van der Waals surface area contributed by atoms with E-state index in [0.717, 1.165) is 25.9 Å². The lowest BCUT2D eigenvalue weighted by atomic mass is 10.2. The molecule has 0 saturated carbocycles. The van der Waals surface area contributed by atoms with E-state index in [-0.39, 0.29) is 0 Å². The maximum atomic E-state index is 5.76. The highest BCUT2D eigenvalue weighted by molar-refractivity contribution is 6.20. The van der Waals surface area contributed by atoms with Crippen molar-refractivity contribution in [2.75, 3.05) is 13.1 Å².